The summed E-state index contributed by atoms with van der Waals surface area (Å²) in [4.78, 5) is 11.6. The number of rotatable bonds is 3. The van der Waals surface area contributed by atoms with E-state index in [-0.39, 0.29) is 6.54 Å². The van der Waals surface area contributed by atoms with Gasteiger partial charge in [0.1, 0.15) is 6.07 Å². The Morgan fingerprint density at radius 2 is 2.31 bits per heavy atom. The molecule has 0 aliphatic heterocycles. The van der Waals surface area contributed by atoms with Crippen LogP contribution in [0.2, 0.25) is 0 Å². The van der Waals surface area contributed by atoms with E-state index in [9.17, 15) is 4.79 Å². The van der Waals surface area contributed by atoms with Crippen molar-refractivity contribution in [3.05, 3.63) is 33.3 Å². The molecule has 5 heteroatoms. The van der Waals surface area contributed by atoms with E-state index in [1.54, 1.807) is 19.1 Å². The maximum atomic E-state index is 11.6. The number of carbonyl (C=O) groups is 1. The molecule has 0 radical (unpaired) electrons. The second kappa shape index (κ2) is 5.64. The van der Waals surface area contributed by atoms with E-state index in [4.69, 9.17) is 15.7 Å². The zero-order valence-corrected chi connectivity index (χ0v) is 10.4. The summed E-state index contributed by atoms with van der Waals surface area (Å²) < 4.78 is 5.52. The van der Waals surface area contributed by atoms with Gasteiger partial charge in [-0.25, -0.2) is 4.79 Å². The molecule has 0 atom stereocenters. The zero-order chi connectivity index (χ0) is 12.1. The van der Waals surface area contributed by atoms with Gasteiger partial charge in [0, 0.05) is 11.0 Å². The molecule has 1 aromatic carbocycles. The molecular weight excluding hydrogens is 272 g/mol. The van der Waals surface area contributed by atoms with Gasteiger partial charge in [-0.2, -0.15) is 5.26 Å². The van der Waals surface area contributed by atoms with E-state index in [1.807, 2.05) is 6.07 Å². The minimum Gasteiger partial charge on any atom is -0.462 e. The smallest absolute Gasteiger partial charge is 0.338 e. The Kier molecular flexibility index (Phi) is 4.47. The van der Waals surface area contributed by atoms with Crippen LogP contribution >= 0.6 is 15.9 Å². The van der Waals surface area contributed by atoms with E-state index >= 15 is 0 Å². The monoisotopic (exact) mass is 282 g/mol. The lowest BCUT2D eigenvalue weighted by atomic mass is 10.0. The Morgan fingerprint density at radius 1 is 1.62 bits per heavy atom. The third kappa shape index (κ3) is 2.40. The number of halogens is 1. The van der Waals surface area contributed by atoms with Gasteiger partial charge in [-0.3, -0.25) is 0 Å². The number of nitrogens with two attached hydrogens (primary N) is 1. The molecule has 0 aliphatic rings. The van der Waals surface area contributed by atoms with Crippen molar-refractivity contribution in [3.63, 3.8) is 0 Å². The van der Waals surface area contributed by atoms with Gasteiger partial charge in [-0.05, 0) is 40.5 Å². The first-order valence-corrected chi connectivity index (χ1v) is 5.53. The summed E-state index contributed by atoms with van der Waals surface area (Å²) >= 11 is 3.24. The molecule has 2 N–H and O–H groups in total. The van der Waals surface area contributed by atoms with Crippen molar-refractivity contribution in [2.24, 2.45) is 5.73 Å². The van der Waals surface area contributed by atoms with Crippen molar-refractivity contribution >= 4 is 21.9 Å². The molecule has 84 valence electrons. The third-order valence-electron chi connectivity index (χ3n) is 2.07. The Balaban J connectivity index is 3.31. The molecule has 0 heterocycles. The van der Waals surface area contributed by atoms with E-state index in [2.05, 4.69) is 15.9 Å². The van der Waals surface area contributed by atoms with Crippen LogP contribution in [0, 0.1) is 11.3 Å². The van der Waals surface area contributed by atoms with Gasteiger partial charge in [-0.1, -0.05) is 0 Å². The van der Waals surface area contributed by atoms with Gasteiger partial charge in [0.15, 0.2) is 0 Å². The van der Waals surface area contributed by atoms with E-state index in [0.29, 0.717) is 27.8 Å². The first-order valence-electron chi connectivity index (χ1n) is 4.74. The van der Waals surface area contributed by atoms with Gasteiger partial charge in [0.2, 0.25) is 0 Å². The van der Waals surface area contributed by atoms with Crippen LogP contribution in [0.25, 0.3) is 0 Å². The number of nitrogens with zero attached hydrogens (tertiary/aromatic N) is 1. The number of nitriles is 1. The fourth-order valence-corrected chi connectivity index (χ4v) is 1.81. The topological polar surface area (TPSA) is 76.1 Å². The molecule has 0 bridgehead atoms. The van der Waals surface area contributed by atoms with Gasteiger partial charge in [0.25, 0.3) is 0 Å². The fourth-order valence-electron chi connectivity index (χ4n) is 1.35. The molecule has 0 fully saturated rings. The quantitative estimate of drug-likeness (QED) is 0.860. The van der Waals surface area contributed by atoms with E-state index < -0.39 is 5.97 Å². The standard InChI is InChI=1S/C11H11BrN2O2/c1-2-16-11(15)7-3-4-10(12)9(6-14)8(7)5-13/h3-4H,2,5,13H2,1H3. The summed E-state index contributed by atoms with van der Waals surface area (Å²) in [5.74, 6) is -0.452. The molecule has 0 amide bonds. The van der Waals surface area contributed by atoms with Crippen molar-refractivity contribution in [2.45, 2.75) is 13.5 Å². The highest BCUT2D eigenvalue weighted by Gasteiger charge is 2.16. The van der Waals surface area contributed by atoms with Crippen LogP contribution in [0.15, 0.2) is 16.6 Å². The fraction of sp³-hybridized carbons (Fsp3) is 0.273. The van der Waals surface area contributed by atoms with Crippen LogP contribution in [0.4, 0.5) is 0 Å². The molecular formula is C11H11BrN2O2. The second-order valence-electron chi connectivity index (χ2n) is 2.98. The number of hydrogen-bond donors (Lipinski definition) is 1. The molecule has 0 aliphatic carbocycles. The number of esters is 1. The molecule has 4 nitrogen and oxygen atoms in total. The summed E-state index contributed by atoms with van der Waals surface area (Å²) in [6.45, 7) is 2.14. The van der Waals surface area contributed by atoms with E-state index in [0.717, 1.165) is 0 Å². The molecule has 0 spiro atoms. The number of carbonyl (C=O) groups excluding carboxylic acids is 1. The van der Waals surface area contributed by atoms with Gasteiger partial charge < -0.3 is 10.5 Å². The molecule has 0 unspecified atom stereocenters. The maximum Gasteiger partial charge on any atom is 0.338 e. The van der Waals surface area contributed by atoms with Crippen molar-refractivity contribution in [1.29, 1.82) is 5.26 Å². The normalized spacial score (nSPS) is 9.62. The second-order valence-corrected chi connectivity index (χ2v) is 3.84. The minimum absolute atomic E-state index is 0.122. The van der Waals surface area contributed by atoms with Crippen LogP contribution in [-0.4, -0.2) is 12.6 Å². The Hall–Kier alpha value is -1.38. The molecule has 0 saturated carbocycles. The highest BCUT2D eigenvalue weighted by atomic mass is 79.9. The maximum absolute atomic E-state index is 11.6. The summed E-state index contributed by atoms with van der Waals surface area (Å²) in [5, 5.41) is 8.98. The van der Waals surface area contributed by atoms with Gasteiger partial charge in [-0.15, -0.1) is 0 Å². The van der Waals surface area contributed by atoms with Crippen LogP contribution in [-0.2, 0) is 11.3 Å². The van der Waals surface area contributed by atoms with Crippen molar-refractivity contribution in [2.75, 3.05) is 6.61 Å². The van der Waals surface area contributed by atoms with Crippen LogP contribution < -0.4 is 5.73 Å². The van der Waals surface area contributed by atoms with Crippen LogP contribution in [0.5, 0.6) is 0 Å². The first-order chi connectivity index (χ1) is 7.65. The average molecular weight is 283 g/mol. The lowest BCUT2D eigenvalue weighted by molar-refractivity contribution is 0.0525. The Bertz CT molecular complexity index is 452. The van der Waals surface area contributed by atoms with Crippen molar-refractivity contribution < 1.29 is 9.53 Å². The SMILES string of the molecule is CCOC(=O)c1ccc(Br)c(C#N)c1CN. The van der Waals surface area contributed by atoms with Gasteiger partial charge >= 0.3 is 5.97 Å². The van der Waals surface area contributed by atoms with Crippen molar-refractivity contribution in [1.82, 2.24) is 0 Å². The Morgan fingerprint density at radius 3 is 2.81 bits per heavy atom. The number of ether oxygens (including phenoxy) is 1. The molecule has 0 aromatic heterocycles. The van der Waals surface area contributed by atoms with Crippen LogP contribution in [0.3, 0.4) is 0 Å². The van der Waals surface area contributed by atoms with Crippen molar-refractivity contribution in [3.8, 4) is 6.07 Å². The Labute approximate surface area is 102 Å². The van der Waals surface area contributed by atoms with Crippen LogP contribution in [0.1, 0.15) is 28.4 Å². The molecule has 1 rings (SSSR count). The van der Waals surface area contributed by atoms with E-state index in [1.165, 1.54) is 0 Å². The highest BCUT2D eigenvalue weighted by molar-refractivity contribution is 9.10. The summed E-state index contributed by atoms with van der Waals surface area (Å²) in [6, 6.07) is 5.26. The lowest BCUT2D eigenvalue weighted by Crippen LogP contribution is -2.12. The number of hydrogen-bond acceptors (Lipinski definition) is 4. The summed E-state index contributed by atoms with van der Waals surface area (Å²) in [5.41, 5.74) is 6.79. The molecule has 16 heavy (non-hydrogen) atoms. The molecule has 1 aromatic rings. The third-order valence-corrected chi connectivity index (χ3v) is 2.73. The largest absolute Gasteiger partial charge is 0.462 e. The molecule has 0 saturated heterocycles. The highest BCUT2D eigenvalue weighted by Crippen LogP contribution is 2.23. The summed E-state index contributed by atoms with van der Waals surface area (Å²) in [6.07, 6.45) is 0. The number of benzene rings is 1. The first kappa shape index (κ1) is 12.7. The predicted molar refractivity (Wildman–Crippen MR) is 62.7 cm³/mol. The summed E-state index contributed by atoms with van der Waals surface area (Å²) in [7, 11) is 0. The average Bonchev–Trinajstić information content (AvgIpc) is 2.28. The predicted octanol–water partition coefficient (Wildman–Crippen LogP) is 1.96. The van der Waals surface area contributed by atoms with Gasteiger partial charge in [0.05, 0.1) is 17.7 Å². The minimum atomic E-state index is -0.452. The lowest BCUT2D eigenvalue weighted by Gasteiger charge is -2.09. The zero-order valence-electron chi connectivity index (χ0n) is 8.79.